The Kier molecular flexibility index (Phi) is 19.6. The Labute approximate surface area is 448 Å². The van der Waals surface area contributed by atoms with Gasteiger partial charge in [-0.25, -0.2) is 24.1 Å². The fourth-order valence-electron chi connectivity index (χ4n) is 9.39. The highest BCUT2D eigenvalue weighted by molar-refractivity contribution is 7.13. The number of fused-ring (bicyclic) bond motifs is 1. The number of β-amino-alcohol motifs (C(OH)–C–C–N with tert-alkyl or cyclic N) is 1. The van der Waals surface area contributed by atoms with Gasteiger partial charge >= 0.3 is 6.03 Å². The second kappa shape index (κ2) is 26.2. The van der Waals surface area contributed by atoms with Crippen LogP contribution in [0.2, 0.25) is 0 Å². The van der Waals surface area contributed by atoms with E-state index in [1.807, 2.05) is 90.5 Å². The quantitative estimate of drug-likeness (QED) is 0.0312. The van der Waals surface area contributed by atoms with Crippen LogP contribution < -0.4 is 26.6 Å². The number of pyridine rings is 1. The Morgan fingerprint density at radius 1 is 0.895 bits per heavy atom. The molecule has 20 heteroatoms. The Bertz CT molecular complexity index is 2960. The van der Waals surface area contributed by atoms with E-state index >= 15 is 0 Å². The van der Waals surface area contributed by atoms with Gasteiger partial charge in [-0.2, -0.15) is 4.98 Å². The summed E-state index contributed by atoms with van der Waals surface area (Å²) in [5.74, 6) is -1.07. The van der Waals surface area contributed by atoms with Crippen LogP contribution in [0.3, 0.4) is 0 Å². The van der Waals surface area contributed by atoms with Crippen molar-refractivity contribution in [2.24, 2.45) is 5.41 Å². The Balaban J connectivity index is 0.821. The number of carbonyl (C=O) groups excluding carboxylic acids is 4. The molecule has 6 aromatic rings. The van der Waals surface area contributed by atoms with Gasteiger partial charge in [0, 0.05) is 68.1 Å². The number of benzene rings is 2. The van der Waals surface area contributed by atoms with E-state index in [4.69, 9.17) is 4.98 Å². The molecule has 1 saturated heterocycles. The van der Waals surface area contributed by atoms with Gasteiger partial charge in [0.2, 0.25) is 23.7 Å². The molecule has 7 rings (SSSR count). The summed E-state index contributed by atoms with van der Waals surface area (Å²) >= 11 is 1.58. The van der Waals surface area contributed by atoms with Gasteiger partial charge in [0.25, 0.3) is 0 Å². The maximum absolute atomic E-state index is 15.0. The first-order valence-electron chi connectivity index (χ1n) is 26.6. The second-order valence-corrected chi connectivity index (χ2v) is 21.9. The normalized spacial score (nSPS) is 15.4. The van der Waals surface area contributed by atoms with Crippen LogP contribution in [0.25, 0.3) is 32.6 Å². The fraction of sp³-hybridized carbons (Fsp3) is 0.500. The summed E-state index contributed by atoms with van der Waals surface area (Å²) in [5, 5.41) is 34.8. The van der Waals surface area contributed by atoms with Crippen molar-refractivity contribution in [1.82, 2.24) is 55.8 Å². The zero-order valence-electron chi connectivity index (χ0n) is 45.1. The molecule has 4 atom stereocenters. The van der Waals surface area contributed by atoms with Crippen molar-refractivity contribution in [3.8, 4) is 21.6 Å². The minimum Gasteiger partial charge on any atom is -0.391 e. The summed E-state index contributed by atoms with van der Waals surface area (Å²) in [6.07, 6.45) is 10.8. The number of nitrogens with zero attached hydrogens (tertiary/aromatic N) is 8. The van der Waals surface area contributed by atoms with Gasteiger partial charge in [-0.1, -0.05) is 76.4 Å². The van der Waals surface area contributed by atoms with Crippen LogP contribution in [0.1, 0.15) is 133 Å². The largest absolute Gasteiger partial charge is 0.391 e. The number of halogens is 1. The molecule has 1 aliphatic heterocycles. The molecule has 76 heavy (non-hydrogen) atoms. The number of nitrogens with one attached hydrogen (secondary N) is 5. The van der Waals surface area contributed by atoms with Crippen molar-refractivity contribution in [1.29, 1.82) is 0 Å². The third-order valence-electron chi connectivity index (χ3n) is 13.8. The number of carbonyl (C=O) groups is 4. The number of thiazole rings is 1. The fourth-order valence-corrected chi connectivity index (χ4v) is 10.2. The molecular formula is C56H74FN13O5S. The number of unbranched alkanes of at least 4 members (excludes halogenated alkanes) is 5. The van der Waals surface area contributed by atoms with E-state index in [-0.39, 0.29) is 42.9 Å². The molecule has 5 amide bonds. The Morgan fingerprint density at radius 2 is 1.67 bits per heavy atom. The van der Waals surface area contributed by atoms with Gasteiger partial charge in [0.05, 0.1) is 39.6 Å². The lowest BCUT2D eigenvalue weighted by atomic mass is 9.85. The highest BCUT2D eigenvalue weighted by Gasteiger charge is 2.44. The van der Waals surface area contributed by atoms with E-state index in [2.05, 4.69) is 58.8 Å². The predicted molar refractivity (Wildman–Crippen MR) is 295 cm³/mol. The molecule has 6 N–H and O–H groups in total. The van der Waals surface area contributed by atoms with E-state index in [0.29, 0.717) is 55.3 Å². The maximum Gasteiger partial charge on any atom is 0.319 e. The first-order valence-corrected chi connectivity index (χ1v) is 27.5. The molecule has 0 radical (unpaired) electrons. The van der Waals surface area contributed by atoms with Gasteiger partial charge in [0.15, 0.2) is 5.65 Å². The number of aliphatic hydroxyl groups excluding tert-OH is 1. The van der Waals surface area contributed by atoms with E-state index < -0.39 is 41.4 Å². The third-order valence-corrected chi connectivity index (χ3v) is 14.7. The van der Waals surface area contributed by atoms with Crippen LogP contribution in [-0.2, 0) is 27.3 Å². The second-order valence-electron chi connectivity index (χ2n) is 21.0. The number of rotatable bonds is 24. The monoisotopic (exact) mass is 1060 g/mol. The molecular weight excluding hydrogens is 986 g/mol. The maximum atomic E-state index is 15.0. The number of aromatic nitrogens is 7. The average molecular weight is 1060 g/mol. The predicted octanol–water partition coefficient (Wildman–Crippen LogP) is 9.15. The highest BCUT2D eigenvalue weighted by atomic mass is 32.1. The molecule has 0 aliphatic carbocycles. The lowest BCUT2D eigenvalue weighted by molar-refractivity contribution is -0.144. The zero-order valence-corrected chi connectivity index (χ0v) is 46.0. The number of anilines is 2. The highest BCUT2D eigenvalue weighted by Crippen LogP contribution is 2.33. The van der Waals surface area contributed by atoms with Crippen LogP contribution in [-0.4, -0.2) is 107 Å². The number of amides is 5. The minimum absolute atomic E-state index is 0.0000607. The van der Waals surface area contributed by atoms with Gasteiger partial charge in [0.1, 0.15) is 17.9 Å². The molecule has 4 aromatic heterocycles. The molecule has 0 saturated carbocycles. The Hall–Kier alpha value is -6.93. The lowest BCUT2D eigenvalue weighted by Crippen LogP contribution is -2.57. The average Bonchev–Trinajstić information content (AvgIpc) is 4.15. The molecule has 1 aliphatic rings. The van der Waals surface area contributed by atoms with Crippen LogP contribution in [0.4, 0.5) is 20.8 Å². The number of urea groups is 1. The van der Waals surface area contributed by atoms with Crippen molar-refractivity contribution in [2.75, 3.05) is 30.3 Å². The smallest absolute Gasteiger partial charge is 0.319 e. The van der Waals surface area contributed by atoms with Crippen molar-refractivity contribution in [3.05, 3.63) is 94.4 Å². The standard InChI is InChI=1S/C56H74FN13O5S/c1-9-10-11-14-24-59-55(75)64-46-29-43(34(2)26-45(46)57)44-27-40-30-60-54(66-51(40)62-36(44)4)58-23-15-12-17-41-31-69(68-67-41)25-16-13-18-48(72)65-50(56(6,7)8)53(74)70-32-42(71)28-47(70)52(73)63-35(3)38-19-21-39(22-20-38)49-37(5)61-33-76-49/h19-22,26-27,29-31,33,35,42,47,50,71H,9-18,23-25,28,32H2,1-8H3,(H,63,73)(H,65,72)(H2,59,64,75)(H,58,60,62,66)/t35-,42+,47-,50-/m0/s1. The molecule has 18 nitrogen and oxygen atoms in total. The van der Waals surface area contributed by atoms with Gasteiger partial charge in [-0.3, -0.25) is 19.1 Å². The van der Waals surface area contributed by atoms with E-state index in [1.165, 1.54) is 11.0 Å². The molecule has 0 bridgehead atoms. The number of aliphatic hydroxyl groups is 1. The lowest BCUT2D eigenvalue weighted by Gasteiger charge is -2.35. The molecule has 5 heterocycles. The molecule has 0 spiro atoms. The summed E-state index contributed by atoms with van der Waals surface area (Å²) in [6.45, 7) is 17.1. The van der Waals surface area contributed by atoms with Gasteiger partial charge in [-0.15, -0.1) is 16.4 Å². The molecule has 406 valence electrons. The molecule has 2 aromatic carbocycles. The van der Waals surface area contributed by atoms with E-state index in [1.54, 1.807) is 28.3 Å². The summed E-state index contributed by atoms with van der Waals surface area (Å²) < 4.78 is 16.8. The van der Waals surface area contributed by atoms with Crippen molar-refractivity contribution >= 4 is 57.8 Å². The first kappa shape index (κ1) is 56.8. The van der Waals surface area contributed by atoms with Crippen molar-refractivity contribution in [2.45, 2.75) is 157 Å². The molecule has 1 fully saturated rings. The zero-order chi connectivity index (χ0) is 54.5. The SMILES string of the molecule is CCCCCCNC(=O)Nc1cc(-c2cc3cnc(NCCCCc4cn(CCCCC(=O)N[C@@H](C(=O)N5C[C@H](O)C[C@H]5C(=O)N[C@@H](C)c5ccc(-c6scnc6C)cc5)C(C)(C)C)nn4)nc3nc2C)c(C)cc1F. The topological polar surface area (TPSA) is 234 Å². The van der Waals surface area contributed by atoms with Gasteiger partial charge < -0.3 is 36.6 Å². The van der Waals surface area contributed by atoms with E-state index in [0.717, 1.165) is 88.9 Å². The summed E-state index contributed by atoms with van der Waals surface area (Å²) in [5.41, 5.74) is 8.53. The Morgan fingerprint density at radius 3 is 2.41 bits per heavy atom. The summed E-state index contributed by atoms with van der Waals surface area (Å²) in [4.78, 5) is 74.5. The number of hydrogen-bond donors (Lipinski definition) is 6. The number of hydrogen-bond acceptors (Lipinski definition) is 13. The van der Waals surface area contributed by atoms with Gasteiger partial charge in [-0.05, 0) is 112 Å². The number of aryl methyl sites for hydroxylation is 5. The van der Waals surface area contributed by atoms with Crippen LogP contribution in [0.5, 0.6) is 0 Å². The van der Waals surface area contributed by atoms with Crippen LogP contribution >= 0.6 is 11.3 Å². The summed E-state index contributed by atoms with van der Waals surface area (Å²) in [6, 6.07) is 10.4. The number of likely N-dealkylation sites (tertiary alicyclic amines) is 1. The van der Waals surface area contributed by atoms with E-state index in [9.17, 15) is 28.7 Å². The van der Waals surface area contributed by atoms with Crippen LogP contribution in [0.15, 0.2) is 60.4 Å². The van der Waals surface area contributed by atoms with Crippen LogP contribution in [0, 0.1) is 32.0 Å². The summed E-state index contributed by atoms with van der Waals surface area (Å²) in [7, 11) is 0. The van der Waals surface area contributed by atoms with Crippen molar-refractivity contribution in [3.63, 3.8) is 0 Å². The minimum atomic E-state index is -0.908. The van der Waals surface area contributed by atoms with Crippen molar-refractivity contribution < 1.29 is 28.7 Å². The third kappa shape index (κ3) is 15.1. The first-order chi connectivity index (χ1) is 36.4. The molecule has 0 unspecified atom stereocenters.